The van der Waals surface area contributed by atoms with Crippen LogP contribution < -0.4 is 5.32 Å². The molecule has 3 aromatic carbocycles. The number of carbonyl (C=O) groups excluding carboxylic acids is 2. The van der Waals surface area contributed by atoms with Crippen LogP contribution in [0.3, 0.4) is 0 Å². The first-order chi connectivity index (χ1) is 12.7. The van der Waals surface area contributed by atoms with E-state index in [1.54, 1.807) is 6.07 Å². The molecule has 130 valence electrons. The van der Waals surface area contributed by atoms with E-state index in [4.69, 9.17) is 0 Å². The summed E-state index contributed by atoms with van der Waals surface area (Å²) in [5.41, 5.74) is 2.38. The zero-order valence-corrected chi connectivity index (χ0v) is 14.4. The number of nitrogens with one attached hydrogen (secondary N) is 1. The molecule has 1 aliphatic rings. The summed E-state index contributed by atoms with van der Waals surface area (Å²) in [6, 6.07) is 21.3. The Bertz CT molecular complexity index is 975. The first kappa shape index (κ1) is 16.3. The lowest BCUT2D eigenvalue weighted by atomic mass is 10.1. The van der Waals surface area contributed by atoms with Crippen molar-refractivity contribution in [3.05, 3.63) is 77.9 Å². The highest BCUT2D eigenvalue weighted by molar-refractivity contribution is 6.09. The van der Waals surface area contributed by atoms with Crippen LogP contribution in [0.4, 0.5) is 5.69 Å². The van der Waals surface area contributed by atoms with Gasteiger partial charge >= 0.3 is 0 Å². The summed E-state index contributed by atoms with van der Waals surface area (Å²) in [5, 5.41) is 5.12. The largest absolute Gasteiger partial charge is 0.338 e. The molecular formula is C22H20N2O2. The van der Waals surface area contributed by atoms with Gasteiger partial charge in [-0.15, -0.1) is 0 Å². The average molecular weight is 344 g/mol. The summed E-state index contributed by atoms with van der Waals surface area (Å²) in [7, 11) is 0. The molecule has 0 radical (unpaired) electrons. The number of hydrogen-bond donors (Lipinski definition) is 1. The molecule has 1 heterocycles. The maximum absolute atomic E-state index is 12.7. The average Bonchev–Trinajstić information content (AvgIpc) is 3.07. The van der Waals surface area contributed by atoms with Gasteiger partial charge in [-0.2, -0.15) is 0 Å². The predicted octanol–water partition coefficient (Wildman–Crippen LogP) is 4.21. The minimum Gasteiger partial charge on any atom is -0.338 e. The van der Waals surface area contributed by atoms with E-state index in [-0.39, 0.29) is 11.8 Å². The van der Waals surface area contributed by atoms with Gasteiger partial charge in [-0.05, 0) is 35.6 Å². The van der Waals surface area contributed by atoms with Gasteiger partial charge in [0.05, 0.1) is 0 Å². The van der Waals surface area contributed by atoms with Crippen LogP contribution in [-0.4, -0.2) is 23.3 Å². The highest BCUT2D eigenvalue weighted by Gasteiger charge is 2.20. The van der Waals surface area contributed by atoms with E-state index >= 15 is 0 Å². The Kier molecular flexibility index (Phi) is 4.40. The van der Waals surface area contributed by atoms with Gasteiger partial charge in [-0.25, -0.2) is 0 Å². The minimum absolute atomic E-state index is 0.143. The molecule has 0 atom stereocenters. The Balaban J connectivity index is 1.54. The van der Waals surface area contributed by atoms with Gasteiger partial charge in [0.25, 0.3) is 5.91 Å². The maximum Gasteiger partial charge on any atom is 0.255 e. The first-order valence-electron chi connectivity index (χ1n) is 8.86. The summed E-state index contributed by atoms with van der Waals surface area (Å²) in [6.45, 7) is 1.36. The smallest absolute Gasteiger partial charge is 0.255 e. The number of fused-ring (bicyclic) bond motifs is 1. The van der Waals surface area contributed by atoms with Crippen molar-refractivity contribution >= 4 is 28.3 Å². The van der Waals surface area contributed by atoms with E-state index in [0.29, 0.717) is 18.5 Å². The third-order valence-electron chi connectivity index (χ3n) is 4.77. The third-order valence-corrected chi connectivity index (χ3v) is 4.77. The number of likely N-dealkylation sites (tertiary alicyclic amines) is 1. The van der Waals surface area contributed by atoms with Gasteiger partial charge in [0.15, 0.2) is 0 Å². The molecule has 2 amide bonds. The lowest BCUT2D eigenvalue weighted by Gasteiger charge is -2.16. The Hall–Kier alpha value is -3.14. The molecule has 4 nitrogen and oxygen atoms in total. The normalized spacial score (nSPS) is 14.0. The number of carbonyl (C=O) groups is 2. The standard InChI is InChI=1S/C22H20N2O2/c25-21-12-5-13-24(21)15-16-6-3-9-18(14-16)22(26)23-20-11-4-8-17-7-1-2-10-19(17)20/h1-4,6-11,14H,5,12-13,15H2,(H,23,26). The van der Waals surface area contributed by atoms with Crippen molar-refractivity contribution in [3.8, 4) is 0 Å². The molecule has 0 aromatic heterocycles. The lowest BCUT2D eigenvalue weighted by molar-refractivity contribution is -0.128. The molecule has 1 saturated heterocycles. The Morgan fingerprint density at radius 3 is 2.65 bits per heavy atom. The number of amides is 2. The molecule has 0 unspecified atom stereocenters. The van der Waals surface area contributed by atoms with Crippen LogP contribution in [0.2, 0.25) is 0 Å². The zero-order chi connectivity index (χ0) is 17.9. The number of nitrogens with zero attached hydrogens (tertiary/aromatic N) is 1. The van der Waals surface area contributed by atoms with Crippen molar-refractivity contribution in [2.75, 3.05) is 11.9 Å². The van der Waals surface area contributed by atoms with E-state index in [9.17, 15) is 9.59 Å². The summed E-state index contributed by atoms with van der Waals surface area (Å²) < 4.78 is 0. The van der Waals surface area contributed by atoms with Gasteiger partial charge in [0.2, 0.25) is 5.91 Å². The monoisotopic (exact) mass is 344 g/mol. The molecular weight excluding hydrogens is 324 g/mol. The summed E-state index contributed by atoms with van der Waals surface area (Å²) >= 11 is 0. The highest BCUT2D eigenvalue weighted by Crippen LogP contribution is 2.24. The van der Waals surface area contributed by atoms with E-state index in [2.05, 4.69) is 5.32 Å². The predicted molar refractivity (Wildman–Crippen MR) is 103 cm³/mol. The molecule has 4 rings (SSSR count). The van der Waals surface area contributed by atoms with Crippen LogP contribution in [0, 0.1) is 0 Å². The quantitative estimate of drug-likeness (QED) is 0.770. The molecule has 3 aromatic rings. The van der Waals surface area contributed by atoms with E-state index in [1.807, 2.05) is 65.6 Å². The molecule has 0 bridgehead atoms. The van der Waals surface area contributed by atoms with Gasteiger partial charge in [0.1, 0.15) is 0 Å². The van der Waals surface area contributed by atoms with Crippen LogP contribution in [-0.2, 0) is 11.3 Å². The topological polar surface area (TPSA) is 49.4 Å². The second-order valence-electron chi connectivity index (χ2n) is 6.60. The summed E-state index contributed by atoms with van der Waals surface area (Å²) in [6.07, 6.45) is 1.54. The summed E-state index contributed by atoms with van der Waals surface area (Å²) in [5.74, 6) is 0.0477. The van der Waals surface area contributed by atoms with E-state index in [0.717, 1.165) is 35.0 Å². The third kappa shape index (κ3) is 3.31. The van der Waals surface area contributed by atoms with E-state index < -0.39 is 0 Å². The molecule has 1 fully saturated rings. The highest BCUT2D eigenvalue weighted by atomic mass is 16.2. The fraction of sp³-hybridized carbons (Fsp3) is 0.182. The Morgan fingerprint density at radius 2 is 1.81 bits per heavy atom. The van der Waals surface area contributed by atoms with Crippen molar-refractivity contribution in [2.45, 2.75) is 19.4 Å². The van der Waals surface area contributed by atoms with Crippen LogP contribution in [0.1, 0.15) is 28.8 Å². The Labute approximate surface area is 152 Å². The van der Waals surface area contributed by atoms with Gasteiger partial charge in [-0.3, -0.25) is 9.59 Å². The SMILES string of the molecule is O=C(Nc1cccc2ccccc12)c1cccc(CN2CCCC2=O)c1. The van der Waals surface area contributed by atoms with Gasteiger partial charge in [-0.1, -0.05) is 48.5 Å². The molecule has 1 aliphatic heterocycles. The molecule has 0 spiro atoms. The second-order valence-corrected chi connectivity index (χ2v) is 6.60. The van der Waals surface area contributed by atoms with Crippen molar-refractivity contribution in [2.24, 2.45) is 0 Å². The Morgan fingerprint density at radius 1 is 1.00 bits per heavy atom. The van der Waals surface area contributed by atoms with Gasteiger partial charge in [0, 0.05) is 36.1 Å². The van der Waals surface area contributed by atoms with Crippen molar-refractivity contribution in [3.63, 3.8) is 0 Å². The zero-order valence-electron chi connectivity index (χ0n) is 14.4. The second kappa shape index (κ2) is 7.00. The minimum atomic E-state index is -0.143. The molecule has 26 heavy (non-hydrogen) atoms. The van der Waals surface area contributed by atoms with Crippen LogP contribution >= 0.6 is 0 Å². The van der Waals surface area contributed by atoms with Crippen LogP contribution in [0.5, 0.6) is 0 Å². The number of hydrogen-bond acceptors (Lipinski definition) is 2. The number of rotatable bonds is 4. The fourth-order valence-electron chi connectivity index (χ4n) is 3.43. The number of benzene rings is 3. The molecule has 4 heteroatoms. The molecule has 1 N–H and O–H groups in total. The fourth-order valence-corrected chi connectivity index (χ4v) is 3.43. The first-order valence-corrected chi connectivity index (χ1v) is 8.86. The molecule has 0 saturated carbocycles. The summed E-state index contributed by atoms with van der Waals surface area (Å²) in [4.78, 5) is 26.4. The molecule has 0 aliphatic carbocycles. The lowest BCUT2D eigenvalue weighted by Crippen LogP contribution is -2.24. The van der Waals surface area contributed by atoms with Crippen molar-refractivity contribution in [1.82, 2.24) is 4.90 Å². The van der Waals surface area contributed by atoms with Crippen molar-refractivity contribution < 1.29 is 9.59 Å². The van der Waals surface area contributed by atoms with Crippen LogP contribution in [0.25, 0.3) is 10.8 Å². The van der Waals surface area contributed by atoms with Crippen molar-refractivity contribution in [1.29, 1.82) is 0 Å². The number of anilines is 1. The van der Waals surface area contributed by atoms with E-state index in [1.165, 1.54) is 0 Å². The van der Waals surface area contributed by atoms with Crippen LogP contribution in [0.15, 0.2) is 66.7 Å². The van der Waals surface area contributed by atoms with Gasteiger partial charge < -0.3 is 10.2 Å². The maximum atomic E-state index is 12.7.